The van der Waals surface area contributed by atoms with Gasteiger partial charge in [0.1, 0.15) is 17.6 Å². The third-order valence-electron chi connectivity index (χ3n) is 4.51. The summed E-state index contributed by atoms with van der Waals surface area (Å²) in [6.45, 7) is 4.03. The molecule has 0 saturated carbocycles. The highest BCUT2D eigenvalue weighted by atomic mass is 35.5. The van der Waals surface area contributed by atoms with Gasteiger partial charge in [-0.15, -0.1) is 0 Å². The van der Waals surface area contributed by atoms with Gasteiger partial charge in [0.05, 0.1) is 11.4 Å². The van der Waals surface area contributed by atoms with E-state index in [-0.39, 0.29) is 11.9 Å². The van der Waals surface area contributed by atoms with Crippen LogP contribution < -0.4 is 4.74 Å². The number of aromatic nitrogens is 1. The van der Waals surface area contributed by atoms with Crippen LogP contribution in [0.3, 0.4) is 0 Å². The Morgan fingerprint density at radius 1 is 1.07 bits per heavy atom. The molecule has 1 atom stereocenters. The molecule has 1 N–H and O–H groups in total. The monoisotopic (exact) mass is 381 g/mol. The fraction of sp³-hybridized carbons (Fsp3) is 0.261. The van der Waals surface area contributed by atoms with Crippen molar-refractivity contribution in [2.45, 2.75) is 39.2 Å². The predicted octanol–water partition coefficient (Wildman–Crippen LogP) is 6.73. The van der Waals surface area contributed by atoms with Gasteiger partial charge in [-0.1, -0.05) is 43.1 Å². The molecule has 4 heteroatoms. The Hall–Kier alpha value is -2.52. The van der Waals surface area contributed by atoms with E-state index in [1.54, 1.807) is 12.1 Å². The van der Waals surface area contributed by atoms with Crippen LogP contribution in [0.5, 0.6) is 11.5 Å². The van der Waals surface area contributed by atoms with Crippen LogP contribution in [0.2, 0.25) is 5.02 Å². The van der Waals surface area contributed by atoms with Crippen LogP contribution in [0.25, 0.3) is 11.3 Å². The van der Waals surface area contributed by atoms with E-state index >= 15 is 0 Å². The maximum Gasteiger partial charge on any atom is 0.141 e. The molecule has 3 rings (SSSR count). The van der Waals surface area contributed by atoms with Crippen molar-refractivity contribution in [2.24, 2.45) is 0 Å². The van der Waals surface area contributed by atoms with E-state index in [0.29, 0.717) is 5.02 Å². The van der Waals surface area contributed by atoms with Gasteiger partial charge >= 0.3 is 0 Å². The molecule has 0 saturated heterocycles. The number of ether oxygens (including phenoxy) is 1. The highest BCUT2D eigenvalue weighted by Gasteiger charge is 2.16. The van der Waals surface area contributed by atoms with Gasteiger partial charge in [0.25, 0.3) is 0 Å². The molecule has 1 unspecified atom stereocenters. The lowest BCUT2D eigenvalue weighted by Crippen LogP contribution is -2.10. The van der Waals surface area contributed by atoms with Gasteiger partial charge in [-0.05, 0) is 67.8 Å². The number of pyridine rings is 1. The minimum atomic E-state index is -0.138. The van der Waals surface area contributed by atoms with Crippen molar-refractivity contribution in [3.8, 4) is 22.8 Å². The number of hydrogen-bond donors (Lipinski definition) is 1. The van der Waals surface area contributed by atoms with Gasteiger partial charge in [0.15, 0.2) is 0 Å². The molecule has 3 aromatic rings. The standard InChI is InChI=1S/C23H24ClNO2/c1-3-4-8-23(27-19-13-14-22(26)16(2)15-19)21-7-5-6-20(25-21)17-9-11-18(24)12-10-17/h5-7,9-15,23,26H,3-4,8H2,1-2H3. The minimum absolute atomic E-state index is 0.138. The van der Waals surface area contributed by atoms with Crippen molar-refractivity contribution >= 4 is 11.6 Å². The first-order chi connectivity index (χ1) is 13.1. The number of phenolic OH excluding ortho intramolecular Hbond substituents is 1. The summed E-state index contributed by atoms with van der Waals surface area (Å²) >= 11 is 5.99. The van der Waals surface area contributed by atoms with Gasteiger partial charge in [-0.3, -0.25) is 0 Å². The van der Waals surface area contributed by atoms with E-state index in [2.05, 4.69) is 6.92 Å². The lowest BCUT2D eigenvalue weighted by Gasteiger charge is -2.20. The maximum atomic E-state index is 9.74. The largest absolute Gasteiger partial charge is 0.508 e. The smallest absolute Gasteiger partial charge is 0.141 e. The molecule has 0 bridgehead atoms. The molecule has 0 spiro atoms. The van der Waals surface area contributed by atoms with Crippen LogP contribution in [0, 0.1) is 6.92 Å². The summed E-state index contributed by atoms with van der Waals surface area (Å²) < 4.78 is 6.25. The molecule has 1 aromatic heterocycles. The van der Waals surface area contributed by atoms with Gasteiger partial charge in [-0.25, -0.2) is 4.98 Å². The van der Waals surface area contributed by atoms with Crippen LogP contribution >= 0.6 is 11.6 Å². The van der Waals surface area contributed by atoms with Crippen LogP contribution in [0.1, 0.15) is 43.5 Å². The second-order valence-electron chi connectivity index (χ2n) is 6.65. The quantitative estimate of drug-likeness (QED) is 0.493. The molecule has 1 heterocycles. The normalized spacial score (nSPS) is 12.0. The number of benzene rings is 2. The number of hydrogen-bond acceptors (Lipinski definition) is 3. The Morgan fingerprint density at radius 2 is 1.85 bits per heavy atom. The molecule has 0 aliphatic heterocycles. The maximum absolute atomic E-state index is 9.74. The van der Waals surface area contributed by atoms with Crippen molar-refractivity contribution < 1.29 is 9.84 Å². The molecule has 140 valence electrons. The van der Waals surface area contributed by atoms with Gasteiger partial charge in [-0.2, -0.15) is 0 Å². The van der Waals surface area contributed by atoms with Crippen LogP contribution in [0.4, 0.5) is 0 Å². The van der Waals surface area contributed by atoms with E-state index in [9.17, 15) is 5.11 Å². The summed E-state index contributed by atoms with van der Waals surface area (Å²) in [6, 6.07) is 19.0. The second-order valence-corrected chi connectivity index (χ2v) is 7.09. The van der Waals surface area contributed by atoms with E-state index < -0.39 is 0 Å². The van der Waals surface area contributed by atoms with E-state index in [4.69, 9.17) is 21.3 Å². The van der Waals surface area contributed by atoms with E-state index in [0.717, 1.165) is 47.5 Å². The zero-order valence-corrected chi connectivity index (χ0v) is 16.4. The van der Waals surface area contributed by atoms with Gasteiger partial charge < -0.3 is 9.84 Å². The summed E-state index contributed by atoms with van der Waals surface area (Å²) in [7, 11) is 0. The molecule has 0 amide bonds. The minimum Gasteiger partial charge on any atom is -0.508 e. The summed E-state index contributed by atoms with van der Waals surface area (Å²) in [5.41, 5.74) is 3.62. The van der Waals surface area contributed by atoms with Crippen molar-refractivity contribution in [2.75, 3.05) is 0 Å². The lowest BCUT2D eigenvalue weighted by atomic mass is 10.1. The highest BCUT2D eigenvalue weighted by Crippen LogP contribution is 2.30. The zero-order chi connectivity index (χ0) is 19.2. The Balaban J connectivity index is 1.88. The Kier molecular flexibility index (Phi) is 6.36. The first kappa shape index (κ1) is 19.2. The number of phenols is 1. The van der Waals surface area contributed by atoms with Crippen molar-refractivity contribution in [3.05, 3.63) is 76.9 Å². The summed E-state index contributed by atoms with van der Waals surface area (Å²) in [5, 5.41) is 10.5. The zero-order valence-electron chi connectivity index (χ0n) is 15.7. The highest BCUT2D eigenvalue weighted by molar-refractivity contribution is 6.30. The number of aryl methyl sites for hydroxylation is 1. The van der Waals surface area contributed by atoms with Crippen LogP contribution in [0.15, 0.2) is 60.7 Å². The average molecular weight is 382 g/mol. The average Bonchev–Trinajstić information content (AvgIpc) is 2.68. The predicted molar refractivity (Wildman–Crippen MR) is 110 cm³/mol. The molecular weight excluding hydrogens is 358 g/mol. The number of halogens is 1. The molecular formula is C23H24ClNO2. The molecule has 27 heavy (non-hydrogen) atoms. The SMILES string of the molecule is CCCCC(Oc1ccc(O)c(C)c1)c1cccc(-c2ccc(Cl)cc2)n1. The molecule has 0 aliphatic carbocycles. The van der Waals surface area contributed by atoms with E-state index in [1.807, 2.05) is 55.5 Å². The van der Waals surface area contributed by atoms with Crippen LogP contribution in [-0.2, 0) is 0 Å². The molecule has 0 fully saturated rings. The topological polar surface area (TPSA) is 42.4 Å². The Morgan fingerprint density at radius 3 is 2.56 bits per heavy atom. The Labute approximate surface area is 165 Å². The fourth-order valence-electron chi connectivity index (χ4n) is 2.93. The third-order valence-corrected chi connectivity index (χ3v) is 4.76. The molecule has 0 aliphatic rings. The lowest BCUT2D eigenvalue weighted by molar-refractivity contribution is 0.186. The van der Waals surface area contributed by atoms with E-state index in [1.165, 1.54) is 0 Å². The number of rotatable bonds is 7. The van der Waals surface area contributed by atoms with Gasteiger partial charge in [0.2, 0.25) is 0 Å². The Bertz CT molecular complexity index is 893. The van der Waals surface area contributed by atoms with Crippen LogP contribution in [-0.4, -0.2) is 10.1 Å². The van der Waals surface area contributed by atoms with Crippen molar-refractivity contribution in [1.29, 1.82) is 0 Å². The summed E-state index contributed by atoms with van der Waals surface area (Å²) in [5.74, 6) is 1.01. The first-order valence-electron chi connectivity index (χ1n) is 9.26. The van der Waals surface area contributed by atoms with Gasteiger partial charge in [0, 0.05) is 10.6 Å². The van der Waals surface area contributed by atoms with Crippen molar-refractivity contribution in [3.63, 3.8) is 0 Å². The number of aromatic hydroxyl groups is 1. The molecule has 3 nitrogen and oxygen atoms in total. The number of nitrogens with zero attached hydrogens (tertiary/aromatic N) is 1. The summed E-state index contributed by atoms with van der Waals surface area (Å²) in [4.78, 5) is 4.84. The fourth-order valence-corrected chi connectivity index (χ4v) is 3.06. The number of unbranched alkanes of at least 4 members (excludes halogenated alkanes) is 1. The summed E-state index contributed by atoms with van der Waals surface area (Å²) in [6.07, 6.45) is 2.88. The molecule has 0 radical (unpaired) electrons. The molecule has 2 aromatic carbocycles. The first-order valence-corrected chi connectivity index (χ1v) is 9.64. The second kappa shape index (κ2) is 8.92. The van der Waals surface area contributed by atoms with Crippen molar-refractivity contribution in [1.82, 2.24) is 4.98 Å². The third kappa shape index (κ3) is 5.01.